The highest BCUT2D eigenvalue weighted by Crippen LogP contribution is 2.39. The number of esters is 1. The van der Waals surface area contributed by atoms with Gasteiger partial charge >= 0.3 is 5.97 Å². The van der Waals surface area contributed by atoms with Crippen LogP contribution in [0.1, 0.15) is 60.3 Å². The molecule has 4 heterocycles. The molecule has 194 valence electrons. The molecule has 8 nitrogen and oxygen atoms in total. The summed E-state index contributed by atoms with van der Waals surface area (Å²) >= 11 is 2.80. The largest absolute Gasteiger partial charge is 0.463 e. The highest BCUT2D eigenvalue weighted by molar-refractivity contribution is 8.00. The molecule has 0 spiro atoms. The third-order valence-corrected chi connectivity index (χ3v) is 8.44. The normalized spacial score (nSPS) is 14.4. The van der Waals surface area contributed by atoms with E-state index in [2.05, 4.69) is 15.3 Å². The van der Waals surface area contributed by atoms with Crippen LogP contribution in [0.4, 0.5) is 5.00 Å². The lowest BCUT2D eigenvalue weighted by Gasteiger charge is -2.12. The van der Waals surface area contributed by atoms with Gasteiger partial charge < -0.3 is 23.9 Å². The Morgan fingerprint density at radius 1 is 1.14 bits per heavy atom. The lowest BCUT2D eigenvalue weighted by atomic mass is 9.96. The monoisotopic (exact) mass is 539 g/mol. The van der Waals surface area contributed by atoms with Crippen LogP contribution >= 0.6 is 23.1 Å². The van der Waals surface area contributed by atoms with Crippen molar-refractivity contribution in [3.63, 3.8) is 0 Å². The van der Waals surface area contributed by atoms with Gasteiger partial charge in [-0.2, -0.15) is 0 Å². The van der Waals surface area contributed by atoms with Crippen molar-refractivity contribution in [1.82, 2.24) is 9.97 Å². The molecule has 1 aliphatic rings. The predicted molar refractivity (Wildman–Crippen MR) is 144 cm³/mol. The molecule has 0 bridgehead atoms. The van der Waals surface area contributed by atoms with Crippen LogP contribution in [0.3, 0.4) is 0 Å². The number of H-pyrrole nitrogens is 1. The first kappa shape index (κ1) is 25.4. The van der Waals surface area contributed by atoms with Crippen molar-refractivity contribution in [2.24, 2.45) is 0 Å². The Kier molecular flexibility index (Phi) is 7.85. The minimum Gasteiger partial charge on any atom is -0.463 e. The predicted octanol–water partition coefficient (Wildman–Crippen LogP) is 6.95. The van der Waals surface area contributed by atoms with Gasteiger partial charge in [-0.15, -0.1) is 11.3 Å². The quantitative estimate of drug-likeness (QED) is 0.184. The second-order valence-electron chi connectivity index (χ2n) is 8.81. The van der Waals surface area contributed by atoms with E-state index in [9.17, 15) is 9.59 Å². The average molecular weight is 540 g/mol. The van der Waals surface area contributed by atoms with Crippen LogP contribution in [0.2, 0.25) is 0 Å². The lowest BCUT2D eigenvalue weighted by molar-refractivity contribution is -0.115. The summed E-state index contributed by atoms with van der Waals surface area (Å²) in [5.41, 5.74) is 2.85. The van der Waals surface area contributed by atoms with Gasteiger partial charge in [0, 0.05) is 4.88 Å². The summed E-state index contributed by atoms with van der Waals surface area (Å²) in [7, 11) is 0. The fourth-order valence-corrected chi connectivity index (χ4v) is 6.55. The number of nitrogens with zero attached hydrogens (tertiary/aromatic N) is 1. The number of aromatic amines is 1. The highest BCUT2D eigenvalue weighted by Gasteiger charge is 2.28. The minimum atomic E-state index is -0.486. The van der Waals surface area contributed by atoms with Gasteiger partial charge in [-0.1, -0.05) is 24.6 Å². The molecule has 4 aromatic heterocycles. The van der Waals surface area contributed by atoms with E-state index >= 15 is 0 Å². The van der Waals surface area contributed by atoms with E-state index in [1.54, 1.807) is 31.6 Å². The first-order chi connectivity index (χ1) is 18.0. The molecule has 0 aromatic carbocycles. The standard InChI is InChI=1S/C27H29N3O5S2/c1-3-33-26(32)21-17-10-6-4-5-7-13-20(17)37-25(21)30-24(31)16(2)36-27-28-22(18-11-8-14-34-18)23(29-27)19-12-9-15-35-19/h8-9,11-12,14-16H,3-7,10,13H2,1-2H3,(H,28,29)(H,30,31). The number of furan rings is 2. The number of imidazole rings is 1. The van der Waals surface area contributed by atoms with Crippen molar-refractivity contribution >= 4 is 40.0 Å². The third-order valence-electron chi connectivity index (χ3n) is 6.25. The van der Waals surface area contributed by atoms with Gasteiger partial charge in [0.1, 0.15) is 16.4 Å². The smallest absolute Gasteiger partial charge is 0.341 e. The summed E-state index contributed by atoms with van der Waals surface area (Å²) < 4.78 is 16.5. The van der Waals surface area contributed by atoms with Crippen molar-refractivity contribution in [2.45, 2.75) is 62.8 Å². The molecule has 0 radical (unpaired) electrons. The zero-order valence-electron chi connectivity index (χ0n) is 20.8. The highest BCUT2D eigenvalue weighted by atomic mass is 32.2. The molecular formula is C27H29N3O5S2. The number of ether oxygens (including phenoxy) is 1. The second-order valence-corrected chi connectivity index (χ2v) is 11.2. The molecule has 0 saturated heterocycles. The Bertz CT molecular complexity index is 1300. The van der Waals surface area contributed by atoms with Crippen LogP contribution in [0.15, 0.2) is 50.8 Å². The Balaban J connectivity index is 1.37. The number of fused-ring (bicyclic) bond motifs is 1. The van der Waals surface area contributed by atoms with Gasteiger partial charge in [-0.25, -0.2) is 9.78 Å². The maximum absolute atomic E-state index is 13.3. The van der Waals surface area contributed by atoms with Gasteiger partial charge in [0.15, 0.2) is 16.7 Å². The van der Waals surface area contributed by atoms with Crippen LogP contribution in [-0.2, 0) is 22.4 Å². The van der Waals surface area contributed by atoms with Crippen LogP contribution in [0, 0.1) is 0 Å². The van der Waals surface area contributed by atoms with Crippen molar-refractivity contribution in [3.05, 3.63) is 52.8 Å². The van der Waals surface area contributed by atoms with Crippen molar-refractivity contribution in [1.29, 1.82) is 0 Å². The summed E-state index contributed by atoms with van der Waals surface area (Å²) in [6.07, 6.45) is 9.39. The number of carbonyl (C=O) groups is 2. The number of thiophene rings is 1. The van der Waals surface area contributed by atoms with Gasteiger partial charge in [0.05, 0.1) is 29.9 Å². The fourth-order valence-electron chi connectivity index (χ4n) is 4.46. The molecule has 1 unspecified atom stereocenters. The number of aryl methyl sites for hydroxylation is 1. The van der Waals surface area contributed by atoms with Crippen molar-refractivity contribution < 1.29 is 23.2 Å². The second kappa shape index (κ2) is 11.4. The fraction of sp³-hybridized carbons (Fsp3) is 0.370. The van der Waals surface area contributed by atoms with Gasteiger partial charge in [-0.05, 0) is 69.4 Å². The zero-order chi connectivity index (χ0) is 25.8. The maximum atomic E-state index is 13.3. The van der Waals surface area contributed by atoms with E-state index in [1.165, 1.54) is 34.4 Å². The van der Waals surface area contributed by atoms with Gasteiger partial charge in [-0.3, -0.25) is 4.79 Å². The number of hydrogen-bond donors (Lipinski definition) is 2. The maximum Gasteiger partial charge on any atom is 0.341 e. The SMILES string of the molecule is CCOC(=O)c1c(NC(=O)C(C)Sc2nc(-c3ccco3)c(-c3ccco3)[nH]2)sc2c1CCCCCC2. The topological polar surface area (TPSA) is 110 Å². The first-order valence-electron chi connectivity index (χ1n) is 12.5. The zero-order valence-corrected chi connectivity index (χ0v) is 22.4. The third kappa shape index (κ3) is 5.55. The van der Waals surface area contributed by atoms with Crippen LogP contribution in [0.5, 0.6) is 0 Å². The number of nitrogens with one attached hydrogen (secondary N) is 2. The molecule has 0 aliphatic heterocycles. The molecule has 10 heteroatoms. The Hall–Kier alpha value is -3.24. The summed E-state index contributed by atoms with van der Waals surface area (Å²) in [6, 6.07) is 7.26. The van der Waals surface area contributed by atoms with Crippen LogP contribution in [0.25, 0.3) is 22.9 Å². The van der Waals surface area contributed by atoms with E-state index in [0.717, 1.165) is 37.7 Å². The number of thioether (sulfide) groups is 1. The van der Waals surface area contributed by atoms with E-state index in [-0.39, 0.29) is 18.5 Å². The van der Waals surface area contributed by atoms with Crippen LogP contribution < -0.4 is 5.32 Å². The summed E-state index contributed by atoms with van der Waals surface area (Å²) in [4.78, 5) is 35.3. The van der Waals surface area contributed by atoms with E-state index in [4.69, 9.17) is 13.6 Å². The first-order valence-corrected chi connectivity index (χ1v) is 14.2. The Morgan fingerprint density at radius 3 is 2.57 bits per heavy atom. The molecule has 0 saturated carbocycles. The molecule has 1 amide bonds. The molecule has 5 rings (SSSR count). The number of rotatable bonds is 8. The Morgan fingerprint density at radius 2 is 1.86 bits per heavy atom. The molecule has 37 heavy (non-hydrogen) atoms. The number of anilines is 1. The molecular weight excluding hydrogens is 510 g/mol. The molecule has 0 fully saturated rings. The van der Waals surface area contributed by atoms with Crippen molar-refractivity contribution in [2.75, 3.05) is 11.9 Å². The summed E-state index contributed by atoms with van der Waals surface area (Å²) in [6.45, 7) is 3.90. The minimum absolute atomic E-state index is 0.208. The van der Waals surface area contributed by atoms with E-state index < -0.39 is 5.25 Å². The molecule has 2 N–H and O–H groups in total. The number of hydrogen-bond acceptors (Lipinski definition) is 8. The average Bonchev–Trinajstić information content (AvgIpc) is 3.66. The Labute approximate surface area is 223 Å². The molecule has 1 aliphatic carbocycles. The summed E-state index contributed by atoms with van der Waals surface area (Å²) in [5, 5.41) is 3.68. The number of aromatic nitrogens is 2. The van der Waals surface area contributed by atoms with Gasteiger partial charge in [0.2, 0.25) is 5.91 Å². The number of amides is 1. The van der Waals surface area contributed by atoms with Gasteiger partial charge in [0.25, 0.3) is 0 Å². The molecule has 4 aromatic rings. The lowest BCUT2D eigenvalue weighted by Crippen LogP contribution is -2.23. The van der Waals surface area contributed by atoms with Crippen LogP contribution in [-0.4, -0.2) is 33.7 Å². The summed E-state index contributed by atoms with van der Waals surface area (Å²) in [5.74, 6) is 0.647. The molecule has 1 atom stereocenters. The van der Waals surface area contributed by atoms with E-state index in [0.29, 0.717) is 38.6 Å². The van der Waals surface area contributed by atoms with Crippen molar-refractivity contribution in [3.8, 4) is 22.9 Å². The number of carbonyl (C=O) groups excluding carboxylic acids is 2. The van der Waals surface area contributed by atoms with E-state index in [1.807, 2.05) is 19.1 Å².